The molecule has 1 amide bonds. The van der Waals surface area contributed by atoms with Crippen LogP contribution in [0, 0.1) is 0 Å². The molecule has 4 nitrogen and oxygen atoms in total. The lowest BCUT2D eigenvalue weighted by molar-refractivity contribution is -0.128. The van der Waals surface area contributed by atoms with Crippen molar-refractivity contribution in [3.05, 3.63) is 58.6 Å². The Kier molecular flexibility index (Phi) is 3.62. The van der Waals surface area contributed by atoms with E-state index in [0.29, 0.717) is 36.0 Å². The Morgan fingerprint density at radius 3 is 2.65 bits per heavy atom. The smallest absolute Gasteiger partial charge is 0.231 e. The van der Waals surface area contributed by atoms with Crippen LogP contribution in [0.25, 0.3) is 0 Å². The van der Waals surface area contributed by atoms with E-state index in [2.05, 4.69) is 12.1 Å². The topological polar surface area (TPSA) is 38.8 Å². The summed E-state index contributed by atoms with van der Waals surface area (Å²) in [7, 11) is 0. The number of benzene rings is 2. The number of ether oxygens (including phenoxy) is 2. The van der Waals surface area contributed by atoms with E-state index in [1.54, 1.807) is 6.07 Å². The number of halogens is 1. The molecule has 2 aliphatic rings. The monoisotopic (exact) mass is 329 g/mol. The molecule has 4 rings (SSSR count). The maximum atomic E-state index is 12.3. The lowest BCUT2D eigenvalue weighted by Gasteiger charge is -2.18. The Bertz CT molecular complexity index is 747. The van der Waals surface area contributed by atoms with Crippen LogP contribution < -0.4 is 9.47 Å². The van der Waals surface area contributed by atoms with Crippen molar-refractivity contribution < 1.29 is 14.3 Å². The second-order valence-corrected chi connectivity index (χ2v) is 6.29. The van der Waals surface area contributed by atoms with Crippen LogP contribution in [0.15, 0.2) is 42.5 Å². The lowest BCUT2D eigenvalue weighted by Crippen LogP contribution is -2.24. The van der Waals surface area contributed by atoms with E-state index in [9.17, 15) is 4.79 Å². The average molecular weight is 330 g/mol. The molecule has 2 aromatic rings. The van der Waals surface area contributed by atoms with Gasteiger partial charge in [-0.3, -0.25) is 4.79 Å². The zero-order valence-corrected chi connectivity index (χ0v) is 13.3. The van der Waals surface area contributed by atoms with Gasteiger partial charge in [-0.1, -0.05) is 41.9 Å². The van der Waals surface area contributed by atoms with Crippen LogP contribution >= 0.6 is 11.6 Å². The number of carbonyl (C=O) groups excluding carboxylic acids is 1. The van der Waals surface area contributed by atoms with E-state index >= 15 is 0 Å². The summed E-state index contributed by atoms with van der Waals surface area (Å²) in [6.07, 6.45) is 0.548. The molecule has 0 N–H and O–H groups in total. The predicted molar refractivity (Wildman–Crippen MR) is 86.8 cm³/mol. The van der Waals surface area contributed by atoms with Crippen LogP contribution in [0.4, 0.5) is 0 Å². The number of carbonyl (C=O) groups is 1. The van der Waals surface area contributed by atoms with Crippen molar-refractivity contribution in [2.24, 2.45) is 0 Å². The van der Waals surface area contributed by atoms with Gasteiger partial charge in [0, 0.05) is 36.5 Å². The van der Waals surface area contributed by atoms with Crippen LogP contribution in [0.2, 0.25) is 5.02 Å². The third-order valence-corrected chi connectivity index (χ3v) is 4.74. The Balaban J connectivity index is 1.52. The largest absolute Gasteiger partial charge is 0.454 e. The molecule has 0 spiro atoms. The highest BCUT2D eigenvalue weighted by molar-refractivity contribution is 6.31. The fourth-order valence-electron chi connectivity index (χ4n) is 3.16. The van der Waals surface area contributed by atoms with E-state index in [0.717, 1.165) is 5.56 Å². The zero-order valence-electron chi connectivity index (χ0n) is 12.5. The third-order valence-electron chi connectivity index (χ3n) is 4.39. The molecule has 0 aromatic heterocycles. The summed E-state index contributed by atoms with van der Waals surface area (Å²) in [5.41, 5.74) is 2.10. The summed E-state index contributed by atoms with van der Waals surface area (Å²) in [6, 6.07) is 13.8. The minimum absolute atomic E-state index is 0.160. The molecule has 0 bridgehead atoms. The van der Waals surface area contributed by atoms with Crippen molar-refractivity contribution in [3.8, 4) is 11.5 Å². The van der Waals surface area contributed by atoms with Gasteiger partial charge in [0.2, 0.25) is 12.7 Å². The van der Waals surface area contributed by atoms with Gasteiger partial charge in [-0.15, -0.1) is 0 Å². The highest BCUT2D eigenvalue weighted by Crippen LogP contribution is 2.38. The van der Waals surface area contributed by atoms with Crippen LogP contribution in [-0.2, 0) is 11.3 Å². The summed E-state index contributed by atoms with van der Waals surface area (Å²) in [5, 5.41) is 0.602. The van der Waals surface area contributed by atoms with Gasteiger partial charge in [-0.2, -0.15) is 0 Å². The van der Waals surface area contributed by atoms with E-state index < -0.39 is 0 Å². The predicted octanol–water partition coefficient (Wildman–Crippen LogP) is 3.58. The molecule has 1 fully saturated rings. The Labute approximate surface area is 139 Å². The van der Waals surface area contributed by atoms with Gasteiger partial charge < -0.3 is 14.4 Å². The van der Waals surface area contributed by atoms with Gasteiger partial charge in [0.05, 0.1) is 0 Å². The average Bonchev–Trinajstić information content (AvgIpc) is 3.15. The molecule has 23 heavy (non-hydrogen) atoms. The number of fused-ring (bicyclic) bond motifs is 1. The molecule has 2 heterocycles. The molecule has 118 valence electrons. The molecule has 0 aliphatic carbocycles. The van der Waals surface area contributed by atoms with E-state index in [1.807, 2.05) is 29.2 Å². The van der Waals surface area contributed by atoms with Crippen molar-refractivity contribution in [3.63, 3.8) is 0 Å². The number of amides is 1. The molecular formula is C18H16ClNO3. The van der Waals surface area contributed by atoms with Crippen LogP contribution in [-0.4, -0.2) is 24.1 Å². The normalized spacial score (nSPS) is 19.4. The van der Waals surface area contributed by atoms with Gasteiger partial charge in [0.15, 0.2) is 11.5 Å². The van der Waals surface area contributed by atoms with Crippen LogP contribution in [0.3, 0.4) is 0 Å². The quantitative estimate of drug-likeness (QED) is 0.864. The van der Waals surface area contributed by atoms with E-state index in [4.69, 9.17) is 21.1 Å². The standard InChI is InChI=1S/C18H16ClNO3/c19-15-8-17-16(22-11-23-17)6-14(15)10-20-9-13(7-18(20)21)12-4-2-1-3-5-12/h1-6,8,13H,7,9-11H2. The summed E-state index contributed by atoms with van der Waals surface area (Å²) >= 11 is 6.31. The maximum Gasteiger partial charge on any atom is 0.231 e. The lowest BCUT2D eigenvalue weighted by atomic mass is 9.98. The second-order valence-electron chi connectivity index (χ2n) is 5.88. The fourth-order valence-corrected chi connectivity index (χ4v) is 3.37. The van der Waals surface area contributed by atoms with Gasteiger partial charge in [-0.05, 0) is 17.2 Å². The summed E-state index contributed by atoms with van der Waals surface area (Å²) < 4.78 is 10.7. The van der Waals surface area contributed by atoms with Gasteiger partial charge in [-0.25, -0.2) is 0 Å². The fraction of sp³-hybridized carbons (Fsp3) is 0.278. The van der Waals surface area contributed by atoms with Crippen molar-refractivity contribution in [2.75, 3.05) is 13.3 Å². The third kappa shape index (κ3) is 2.75. The number of nitrogens with zero attached hydrogens (tertiary/aromatic N) is 1. The molecule has 2 aliphatic heterocycles. The maximum absolute atomic E-state index is 12.3. The number of likely N-dealkylation sites (tertiary alicyclic amines) is 1. The van der Waals surface area contributed by atoms with Crippen molar-refractivity contribution in [1.82, 2.24) is 4.90 Å². The number of rotatable bonds is 3. The Morgan fingerprint density at radius 1 is 1.13 bits per heavy atom. The molecule has 0 radical (unpaired) electrons. The first-order chi connectivity index (χ1) is 11.2. The first kappa shape index (κ1) is 14.4. The SMILES string of the molecule is O=C1CC(c2ccccc2)CN1Cc1cc2c(cc1Cl)OCO2. The summed E-state index contributed by atoms with van der Waals surface area (Å²) in [4.78, 5) is 14.2. The van der Waals surface area contributed by atoms with Crippen molar-refractivity contribution in [1.29, 1.82) is 0 Å². The second kappa shape index (κ2) is 5.78. The summed E-state index contributed by atoms with van der Waals surface area (Å²) in [6.45, 7) is 1.43. The Morgan fingerprint density at radius 2 is 1.87 bits per heavy atom. The highest BCUT2D eigenvalue weighted by Gasteiger charge is 2.31. The van der Waals surface area contributed by atoms with Crippen molar-refractivity contribution in [2.45, 2.75) is 18.9 Å². The van der Waals surface area contributed by atoms with Crippen molar-refractivity contribution >= 4 is 17.5 Å². The highest BCUT2D eigenvalue weighted by atomic mass is 35.5. The molecular weight excluding hydrogens is 314 g/mol. The van der Waals surface area contributed by atoms with Crippen LogP contribution in [0.1, 0.15) is 23.5 Å². The zero-order chi connectivity index (χ0) is 15.8. The minimum Gasteiger partial charge on any atom is -0.454 e. The van der Waals surface area contributed by atoms with E-state index in [-0.39, 0.29) is 18.6 Å². The molecule has 1 atom stereocenters. The van der Waals surface area contributed by atoms with Gasteiger partial charge >= 0.3 is 0 Å². The number of hydrogen-bond acceptors (Lipinski definition) is 3. The Hall–Kier alpha value is -2.20. The number of hydrogen-bond donors (Lipinski definition) is 0. The molecule has 1 unspecified atom stereocenters. The molecule has 1 saturated heterocycles. The van der Waals surface area contributed by atoms with Gasteiger partial charge in [0.1, 0.15) is 0 Å². The van der Waals surface area contributed by atoms with Gasteiger partial charge in [0.25, 0.3) is 0 Å². The first-order valence-corrected chi connectivity index (χ1v) is 7.99. The first-order valence-electron chi connectivity index (χ1n) is 7.61. The van der Waals surface area contributed by atoms with E-state index in [1.165, 1.54) is 5.56 Å². The van der Waals surface area contributed by atoms with Crippen LogP contribution in [0.5, 0.6) is 11.5 Å². The molecule has 2 aromatic carbocycles. The molecule has 0 saturated carbocycles. The molecule has 5 heteroatoms. The summed E-state index contributed by atoms with van der Waals surface area (Å²) in [5.74, 6) is 1.76. The minimum atomic E-state index is 0.160.